The van der Waals surface area contributed by atoms with Crippen molar-refractivity contribution in [3.05, 3.63) is 60.8 Å². The quantitative estimate of drug-likeness (QED) is 0.426. The van der Waals surface area contributed by atoms with Crippen molar-refractivity contribution in [1.29, 1.82) is 0 Å². The molecule has 0 bridgehead atoms. The second-order valence-electron chi connectivity index (χ2n) is 7.68. The average Bonchev–Trinajstić information content (AvgIpc) is 3.27. The zero-order valence-corrected chi connectivity index (χ0v) is 19.1. The van der Waals surface area contributed by atoms with Crippen LogP contribution < -0.4 is 11.2 Å². The maximum Gasteiger partial charge on any atom is 0.339 e. The van der Waals surface area contributed by atoms with E-state index in [-0.39, 0.29) is 28.7 Å². The van der Waals surface area contributed by atoms with Gasteiger partial charge in [-0.05, 0) is 29.7 Å². The number of ether oxygens (including phenoxy) is 1. The summed E-state index contributed by atoms with van der Waals surface area (Å²) >= 11 is 7.61. The summed E-state index contributed by atoms with van der Waals surface area (Å²) in [5.74, 6) is -0.466. The van der Waals surface area contributed by atoms with Gasteiger partial charge in [0, 0.05) is 18.5 Å². The van der Waals surface area contributed by atoms with Gasteiger partial charge >= 0.3 is 11.7 Å². The lowest BCUT2D eigenvalue weighted by Crippen LogP contribution is -2.38. The molecule has 3 aromatic heterocycles. The first-order chi connectivity index (χ1) is 14.7. The average molecular weight is 461 g/mol. The smallest absolute Gasteiger partial charge is 0.339 e. The van der Waals surface area contributed by atoms with Gasteiger partial charge in [0.2, 0.25) is 5.28 Å². The van der Waals surface area contributed by atoms with E-state index in [0.717, 1.165) is 15.6 Å². The van der Waals surface area contributed by atoms with Crippen LogP contribution in [0.15, 0.2) is 33.9 Å². The number of benzene rings is 1. The highest BCUT2D eigenvalue weighted by Gasteiger charge is 2.27. The van der Waals surface area contributed by atoms with E-state index in [1.807, 2.05) is 38.1 Å². The Balaban J connectivity index is 2.04. The molecule has 1 aromatic carbocycles. The van der Waals surface area contributed by atoms with Crippen LogP contribution in [0.2, 0.25) is 5.28 Å². The second kappa shape index (κ2) is 7.97. The third-order valence-corrected chi connectivity index (χ3v) is 6.58. The highest BCUT2D eigenvalue weighted by molar-refractivity contribution is 7.19. The third kappa shape index (κ3) is 3.47. The Morgan fingerprint density at radius 2 is 1.94 bits per heavy atom. The molecule has 31 heavy (non-hydrogen) atoms. The van der Waals surface area contributed by atoms with Gasteiger partial charge < -0.3 is 9.30 Å². The molecule has 0 amide bonds. The van der Waals surface area contributed by atoms with E-state index in [1.54, 1.807) is 9.13 Å². The number of aromatic nitrogens is 4. The molecule has 0 saturated carbocycles. The van der Waals surface area contributed by atoms with Crippen molar-refractivity contribution < 1.29 is 9.53 Å². The van der Waals surface area contributed by atoms with E-state index in [1.165, 1.54) is 25.5 Å². The number of nitrogens with zero attached hydrogens (tertiary/aromatic N) is 4. The molecule has 8 nitrogen and oxygen atoms in total. The maximum atomic E-state index is 13.0. The van der Waals surface area contributed by atoms with E-state index in [4.69, 9.17) is 16.3 Å². The van der Waals surface area contributed by atoms with Crippen molar-refractivity contribution in [3.8, 4) is 0 Å². The van der Waals surface area contributed by atoms with Gasteiger partial charge in [0.1, 0.15) is 4.83 Å². The lowest BCUT2D eigenvalue weighted by atomic mass is 10.1. The molecule has 10 heteroatoms. The number of hydrogen-bond acceptors (Lipinski definition) is 6. The minimum atomic E-state index is -0.631. The summed E-state index contributed by atoms with van der Waals surface area (Å²) in [4.78, 5) is 44.0. The number of carbonyl (C=O) groups is 1. The Hall–Kier alpha value is -2.91. The van der Waals surface area contributed by atoms with Crippen molar-refractivity contribution in [3.63, 3.8) is 0 Å². The fourth-order valence-electron chi connectivity index (χ4n) is 3.67. The molecule has 4 aromatic rings. The Kier molecular flexibility index (Phi) is 5.49. The lowest BCUT2D eigenvalue weighted by molar-refractivity contribution is 0.0602. The summed E-state index contributed by atoms with van der Waals surface area (Å²) in [5.41, 5.74) is 0.745. The molecule has 0 atom stereocenters. The minimum absolute atomic E-state index is 0.162. The highest BCUT2D eigenvalue weighted by Crippen LogP contribution is 2.32. The van der Waals surface area contributed by atoms with Gasteiger partial charge in [-0.25, -0.2) is 14.6 Å². The molecule has 0 unspecified atom stereocenters. The Labute approximate surface area is 186 Å². The van der Waals surface area contributed by atoms with Crippen LogP contribution in [0.1, 0.15) is 29.1 Å². The first-order valence-electron chi connectivity index (χ1n) is 9.68. The number of imidazole rings is 1. The number of methoxy groups -OCH3 is 1. The molecule has 162 valence electrons. The van der Waals surface area contributed by atoms with Crippen LogP contribution in [0.3, 0.4) is 0 Å². The number of esters is 1. The summed E-state index contributed by atoms with van der Waals surface area (Å²) in [6, 6.07) is 7.47. The topological polar surface area (TPSA) is 88.1 Å². The highest BCUT2D eigenvalue weighted by atomic mass is 35.5. The fourth-order valence-corrected chi connectivity index (χ4v) is 5.18. The van der Waals surface area contributed by atoms with Crippen LogP contribution in [-0.4, -0.2) is 31.8 Å². The molecule has 0 spiro atoms. The van der Waals surface area contributed by atoms with Gasteiger partial charge in [-0.2, -0.15) is 0 Å². The van der Waals surface area contributed by atoms with Gasteiger partial charge in [0.15, 0.2) is 0 Å². The summed E-state index contributed by atoms with van der Waals surface area (Å²) in [7, 11) is 2.68. The Morgan fingerprint density at radius 1 is 1.23 bits per heavy atom. The monoisotopic (exact) mass is 460 g/mol. The van der Waals surface area contributed by atoms with Gasteiger partial charge in [0.05, 0.1) is 35.6 Å². The number of thiophene rings is 1. The van der Waals surface area contributed by atoms with Gasteiger partial charge in [-0.1, -0.05) is 26.0 Å². The standard InChI is InChI=1S/C21H21ClN4O4S/c1-11(2)9-26-18-16(17(27)24(3)21(26)29)15(19(28)30-4)14(31-18)10-25-13-8-6-5-7-12(13)23-20(25)22/h5-8,11H,9-10H2,1-4H3. The number of rotatable bonds is 5. The first-order valence-corrected chi connectivity index (χ1v) is 10.9. The van der Waals surface area contributed by atoms with Crippen LogP contribution in [0.4, 0.5) is 0 Å². The zero-order chi connectivity index (χ0) is 22.4. The summed E-state index contributed by atoms with van der Waals surface area (Å²) in [6.45, 7) is 4.59. The maximum absolute atomic E-state index is 13.0. The molecule has 0 N–H and O–H groups in total. The minimum Gasteiger partial charge on any atom is -0.465 e. The Bertz CT molecular complexity index is 1440. The predicted octanol–water partition coefficient (Wildman–Crippen LogP) is 3.26. The predicted molar refractivity (Wildman–Crippen MR) is 121 cm³/mol. The molecular formula is C21H21ClN4O4S. The van der Waals surface area contributed by atoms with E-state index in [9.17, 15) is 14.4 Å². The molecule has 0 saturated heterocycles. The molecule has 4 rings (SSSR count). The summed E-state index contributed by atoms with van der Waals surface area (Å²) < 4.78 is 9.35. The number of hydrogen-bond donors (Lipinski definition) is 0. The van der Waals surface area contributed by atoms with Crippen molar-refractivity contribution in [2.75, 3.05) is 7.11 Å². The zero-order valence-electron chi connectivity index (χ0n) is 17.5. The van der Waals surface area contributed by atoms with Crippen LogP contribution in [-0.2, 0) is 24.9 Å². The van der Waals surface area contributed by atoms with Crippen molar-refractivity contribution in [2.24, 2.45) is 13.0 Å². The van der Waals surface area contributed by atoms with Crippen molar-refractivity contribution in [2.45, 2.75) is 26.9 Å². The SMILES string of the molecule is COC(=O)c1c(Cn2c(Cl)nc3ccccc32)sc2c1c(=O)n(C)c(=O)n2CC(C)C. The number of carbonyl (C=O) groups excluding carboxylic acids is 1. The molecule has 0 aliphatic carbocycles. The molecule has 0 aliphatic rings. The Morgan fingerprint density at radius 3 is 2.61 bits per heavy atom. The molecule has 0 fully saturated rings. The number of para-hydroxylation sites is 2. The largest absolute Gasteiger partial charge is 0.465 e. The normalized spacial score (nSPS) is 11.7. The first kappa shape index (κ1) is 21.3. The van der Waals surface area contributed by atoms with E-state index >= 15 is 0 Å². The number of halogens is 1. The molecular weight excluding hydrogens is 440 g/mol. The van der Waals surface area contributed by atoms with E-state index < -0.39 is 17.2 Å². The molecule has 3 heterocycles. The van der Waals surface area contributed by atoms with E-state index in [0.29, 0.717) is 16.3 Å². The second-order valence-corrected chi connectivity index (χ2v) is 9.10. The lowest BCUT2D eigenvalue weighted by Gasteiger charge is -2.11. The van der Waals surface area contributed by atoms with Gasteiger partial charge in [0.25, 0.3) is 5.56 Å². The fraction of sp³-hybridized carbons (Fsp3) is 0.333. The summed E-state index contributed by atoms with van der Waals surface area (Å²) in [6.07, 6.45) is 0. The van der Waals surface area contributed by atoms with Crippen LogP contribution >= 0.6 is 22.9 Å². The summed E-state index contributed by atoms with van der Waals surface area (Å²) in [5, 5.41) is 0.456. The van der Waals surface area contributed by atoms with E-state index in [2.05, 4.69) is 4.98 Å². The third-order valence-electron chi connectivity index (χ3n) is 5.09. The van der Waals surface area contributed by atoms with Crippen LogP contribution in [0.25, 0.3) is 21.3 Å². The van der Waals surface area contributed by atoms with Crippen LogP contribution in [0, 0.1) is 5.92 Å². The molecule has 0 aliphatic heterocycles. The van der Waals surface area contributed by atoms with Gasteiger partial charge in [-0.3, -0.25) is 13.9 Å². The van der Waals surface area contributed by atoms with Gasteiger partial charge in [-0.15, -0.1) is 11.3 Å². The van der Waals surface area contributed by atoms with Crippen molar-refractivity contribution >= 4 is 50.2 Å². The van der Waals surface area contributed by atoms with Crippen LogP contribution in [0.5, 0.6) is 0 Å². The van der Waals surface area contributed by atoms with Crippen molar-refractivity contribution in [1.82, 2.24) is 18.7 Å². The molecule has 0 radical (unpaired) electrons. The number of fused-ring (bicyclic) bond motifs is 2.